The Kier molecular flexibility index (Phi) is 4.60. The Morgan fingerprint density at radius 3 is 2.75 bits per heavy atom. The van der Waals surface area contributed by atoms with Gasteiger partial charge in [0, 0.05) is 38.1 Å². The molecule has 0 bridgehead atoms. The van der Waals surface area contributed by atoms with Gasteiger partial charge in [0.1, 0.15) is 11.4 Å². The average molecular weight is 334 g/mol. The number of piperidine rings is 1. The molecule has 0 unspecified atom stereocenters. The zero-order chi connectivity index (χ0) is 17.4. The number of hydrogen-bond donors (Lipinski definition) is 1. The summed E-state index contributed by atoms with van der Waals surface area (Å²) in [5.41, 5.74) is -0.0424. The Balaban J connectivity index is 1.45. The van der Waals surface area contributed by atoms with E-state index in [1.807, 2.05) is 38.1 Å². The number of aromatic nitrogens is 2. The fourth-order valence-electron chi connectivity index (χ4n) is 3.66. The lowest BCUT2D eigenvalue weighted by atomic mass is 9.93. The van der Waals surface area contributed by atoms with E-state index in [4.69, 9.17) is 4.74 Å². The lowest BCUT2D eigenvalue weighted by Crippen LogP contribution is -2.43. The van der Waals surface area contributed by atoms with E-state index in [2.05, 4.69) is 21.8 Å². The Labute approximate surface area is 144 Å². The number of amides is 1. The van der Waals surface area contributed by atoms with Crippen LogP contribution in [0.2, 0.25) is 0 Å². The van der Waals surface area contributed by atoms with Crippen LogP contribution in [0.15, 0.2) is 12.4 Å². The SMILES string of the molecule is CCn1ccnc1CN[C@H]1CC12CCN(C(=O)OC(C)(C)C)CC2. The van der Waals surface area contributed by atoms with E-state index < -0.39 is 5.60 Å². The molecular formula is C18H30N4O2. The highest BCUT2D eigenvalue weighted by molar-refractivity contribution is 5.68. The first-order chi connectivity index (χ1) is 11.3. The average Bonchev–Trinajstić information content (AvgIpc) is 2.98. The zero-order valence-electron chi connectivity index (χ0n) is 15.3. The Bertz CT molecular complexity index is 582. The summed E-state index contributed by atoms with van der Waals surface area (Å²) in [6.45, 7) is 11.3. The Hall–Kier alpha value is -1.56. The maximum Gasteiger partial charge on any atom is 0.410 e. The number of hydrogen-bond acceptors (Lipinski definition) is 4. The van der Waals surface area contributed by atoms with Crippen LogP contribution in [0.1, 0.15) is 52.8 Å². The van der Waals surface area contributed by atoms with Crippen molar-refractivity contribution in [1.29, 1.82) is 0 Å². The van der Waals surface area contributed by atoms with E-state index in [1.54, 1.807) is 0 Å². The summed E-state index contributed by atoms with van der Waals surface area (Å²) >= 11 is 0. The van der Waals surface area contributed by atoms with Gasteiger partial charge in [-0.15, -0.1) is 0 Å². The van der Waals surface area contributed by atoms with Crippen molar-refractivity contribution >= 4 is 6.09 Å². The molecule has 1 atom stereocenters. The van der Waals surface area contributed by atoms with Crippen LogP contribution in [-0.4, -0.2) is 45.3 Å². The fraction of sp³-hybridized carbons (Fsp3) is 0.778. The Morgan fingerprint density at radius 1 is 1.42 bits per heavy atom. The first-order valence-corrected chi connectivity index (χ1v) is 9.04. The van der Waals surface area contributed by atoms with E-state index in [0.29, 0.717) is 11.5 Å². The summed E-state index contributed by atoms with van der Waals surface area (Å²) in [5, 5.41) is 3.66. The van der Waals surface area contributed by atoms with Gasteiger partial charge in [0.05, 0.1) is 6.54 Å². The first-order valence-electron chi connectivity index (χ1n) is 9.04. The fourth-order valence-corrected chi connectivity index (χ4v) is 3.66. The van der Waals surface area contributed by atoms with E-state index in [-0.39, 0.29) is 6.09 Å². The molecule has 0 aromatic carbocycles. The molecule has 0 radical (unpaired) electrons. The summed E-state index contributed by atoms with van der Waals surface area (Å²) in [7, 11) is 0. The van der Waals surface area contributed by atoms with Crippen LogP contribution < -0.4 is 5.32 Å². The minimum absolute atomic E-state index is 0.174. The molecule has 1 saturated heterocycles. The summed E-state index contributed by atoms with van der Waals surface area (Å²) < 4.78 is 7.65. The quantitative estimate of drug-likeness (QED) is 0.920. The number of imidazole rings is 1. The van der Waals surface area contributed by atoms with Crippen molar-refractivity contribution < 1.29 is 9.53 Å². The molecule has 24 heavy (non-hydrogen) atoms. The van der Waals surface area contributed by atoms with Gasteiger partial charge in [0.15, 0.2) is 0 Å². The molecule has 1 saturated carbocycles. The molecule has 2 heterocycles. The van der Waals surface area contributed by atoms with Gasteiger partial charge in [0.25, 0.3) is 0 Å². The molecule has 1 aromatic rings. The van der Waals surface area contributed by atoms with E-state index in [0.717, 1.165) is 44.8 Å². The Morgan fingerprint density at radius 2 is 2.12 bits per heavy atom. The van der Waals surface area contributed by atoms with Gasteiger partial charge in [-0.2, -0.15) is 0 Å². The molecule has 1 spiro atoms. The predicted molar refractivity (Wildman–Crippen MR) is 92.6 cm³/mol. The van der Waals surface area contributed by atoms with E-state index in [1.165, 1.54) is 6.42 Å². The second-order valence-electron chi connectivity index (χ2n) is 8.10. The molecule has 134 valence electrons. The molecule has 6 heteroatoms. The third-order valence-electron chi connectivity index (χ3n) is 5.25. The maximum atomic E-state index is 12.2. The van der Waals surface area contributed by atoms with Crippen molar-refractivity contribution in [2.75, 3.05) is 13.1 Å². The molecule has 1 aliphatic carbocycles. The number of carbonyl (C=O) groups is 1. The first kappa shape index (κ1) is 17.3. The summed E-state index contributed by atoms with van der Waals surface area (Å²) in [6, 6.07) is 0.556. The summed E-state index contributed by atoms with van der Waals surface area (Å²) in [4.78, 5) is 18.4. The molecule has 1 aliphatic heterocycles. The number of nitrogens with one attached hydrogen (secondary N) is 1. The van der Waals surface area contributed by atoms with Gasteiger partial charge in [0.2, 0.25) is 0 Å². The zero-order valence-corrected chi connectivity index (χ0v) is 15.3. The summed E-state index contributed by atoms with van der Waals surface area (Å²) in [5.74, 6) is 1.10. The van der Waals surface area contributed by atoms with Crippen LogP contribution in [-0.2, 0) is 17.8 Å². The largest absolute Gasteiger partial charge is 0.444 e. The number of ether oxygens (including phenoxy) is 1. The highest BCUT2D eigenvalue weighted by Crippen LogP contribution is 2.54. The maximum absolute atomic E-state index is 12.2. The second kappa shape index (κ2) is 6.39. The minimum Gasteiger partial charge on any atom is -0.444 e. The molecule has 2 fully saturated rings. The standard InChI is InChI=1S/C18H30N4O2/c1-5-21-11-8-19-15(21)13-20-14-12-18(14)6-9-22(10-7-18)16(23)24-17(2,3)4/h8,11,14,20H,5-7,9-10,12-13H2,1-4H3/t14-/m0/s1. The molecular weight excluding hydrogens is 304 g/mol. The highest BCUT2D eigenvalue weighted by atomic mass is 16.6. The van der Waals surface area contributed by atoms with Crippen LogP contribution in [0.3, 0.4) is 0 Å². The molecule has 1 aromatic heterocycles. The molecule has 3 rings (SSSR count). The molecule has 2 aliphatic rings. The van der Waals surface area contributed by atoms with Gasteiger partial charge < -0.3 is 19.5 Å². The van der Waals surface area contributed by atoms with E-state index in [9.17, 15) is 4.79 Å². The van der Waals surface area contributed by atoms with Gasteiger partial charge in [-0.05, 0) is 52.4 Å². The van der Waals surface area contributed by atoms with Crippen molar-refractivity contribution in [3.63, 3.8) is 0 Å². The third kappa shape index (κ3) is 3.74. The second-order valence-corrected chi connectivity index (χ2v) is 8.10. The highest BCUT2D eigenvalue weighted by Gasteiger charge is 2.55. The van der Waals surface area contributed by atoms with Gasteiger partial charge in [-0.3, -0.25) is 0 Å². The number of likely N-dealkylation sites (tertiary alicyclic amines) is 1. The van der Waals surface area contributed by atoms with Gasteiger partial charge >= 0.3 is 6.09 Å². The van der Waals surface area contributed by atoms with Crippen molar-refractivity contribution in [1.82, 2.24) is 19.8 Å². The third-order valence-corrected chi connectivity index (χ3v) is 5.25. The van der Waals surface area contributed by atoms with Crippen LogP contribution in [0.5, 0.6) is 0 Å². The number of rotatable bonds is 4. The van der Waals surface area contributed by atoms with Crippen molar-refractivity contribution in [3.8, 4) is 0 Å². The van der Waals surface area contributed by atoms with Crippen LogP contribution in [0.25, 0.3) is 0 Å². The van der Waals surface area contributed by atoms with Crippen molar-refractivity contribution in [2.45, 2.75) is 71.7 Å². The molecule has 1 N–H and O–H groups in total. The van der Waals surface area contributed by atoms with Crippen LogP contribution in [0.4, 0.5) is 4.79 Å². The molecule has 1 amide bonds. The predicted octanol–water partition coefficient (Wildman–Crippen LogP) is 2.78. The lowest BCUT2D eigenvalue weighted by molar-refractivity contribution is 0.0168. The van der Waals surface area contributed by atoms with Crippen LogP contribution in [0, 0.1) is 5.41 Å². The lowest BCUT2D eigenvalue weighted by Gasteiger charge is -2.34. The monoisotopic (exact) mass is 334 g/mol. The van der Waals surface area contributed by atoms with Crippen LogP contribution >= 0.6 is 0 Å². The van der Waals surface area contributed by atoms with E-state index >= 15 is 0 Å². The van der Waals surface area contributed by atoms with Crippen molar-refractivity contribution in [3.05, 3.63) is 18.2 Å². The smallest absolute Gasteiger partial charge is 0.410 e. The molecule has 6 nitrogen and oxygen atoms in total. The van der Waals surface area contributed by atoms with Gasteiger partial charge in [-0.1, -0.05) is 0 Å². The number of aryl methyl sites for hydroxylation is 1. The summed E-state index contributed by atoms with van der Waals surface area (Å²) in [6.07, 6.45) is 7.05. The number of carbonyl (C=O) groups excluding carboxylic acids is 1. The number of nitrogens with zero attached hydrogens (tertiary/aromatic N) is 3. The topological polar surface area (TPSA) is 59.4 Å². The minimum atomic E-state index is -0.420. The normalized spacial score (nSPS) is 22.7. The van der Waals surface area contributed by atoms with Crippen molar-refractivity contribution in [2.24, 2.45) is 5.41 Å². The van der Waals surface area contributed by atoms with Gasteiger partial charge in [-0.25, -0.2) is 9.78 Å².